The van der Waals surface area contributed by atoms with Gasteiger partial charge in [-0.2, -0.15) is 4.31 Å². The molecule has 1 N–H and O–H groups in total. The van der Waals surface area contributed by atoms with Crippen LogP contribution in [-0.2, 0) is 43.9 Å². The molecule has 8 nitrogen and oxygen atoms in total. The van der Waals surface area contributed by atoms with Gasteiger partial charge in [-0.25, -0.2) is 8.42 Å². The predicted octanol–water partition coefficient (Wildman–Crippen LogP) is 4.04. The van der Waals surface area contributed by atoms with Crippen molar-refractivity contribution in [3.8, 4) is 0 Å². The molecule has 4 rings (SSSR count). The molecular formula is C31H36ClN3O5S. The van der Waals surface area contributed by atoms with Crippen molar-refractivity contribution in [2.24, 2.45) is 0 Å². The van der Waals surface area contributed by atoms with Crippen LogP contribution in [0.1, 0.15) is 29.5 Å². The first-order valence-corrected chi connectivity index (χ1v) is 15.9. The summed E-state index contributed by atoms with van der Waals surface area (Å²) in [5, 5.41) is 3.54. The summed E-state index contributed by atoms with van der Waals surface area (Å²) >= 11 is 6.10. The van der Waals surface area contributed by atoms with Gasteiger partial charge in [-0.1, -0.05) is 84.4 Å². The van der Waals surface area contributed by atoms with Crippen molar-refractivity contribution in [2.75, 3.05) is 26.0 Å². The SMILES string of the molecule is CS(=O)(=O)N(CC(=O)N(Cc1ccc(Cl)cc1)C(Cc1ccccc1)C(=O)NCC1CCCO1)Cc1ccccc1. The van der Waals surface area contributed by atoms with Gasteiger partial charge >= 0.3 is 0 Å². The summed E-state index contributed by atoms with van der Waals surface area (Å²) in [6, 6.07) is 24.7. The molecule has 0 aliphatic carbocycles. The van der Waals surface area contributed by atoms with Gasteiger partial charge in [-0.15, -0.1) is 0 Å². The van der Waals surface area contributed by atoms with Gasteiger partial charge in [0, 0.05) is 37.7 Å². The number of rotatable bonds is 13. The molecule has 10 heteroatoms. The first-order valence-electron chi connectivity index (χ1n) is 13.7. The van der Waals surface area contributed by atoms with E-state index in [0.29, 0.717) is 18.2 Å². The molecule has 1 aliphatic rings. The first-order chi connectivity index (χ1) is 19.7. The monoisotopic (exact) mass is 597 g/mol. The van der Waals surface area contributed by atoms with Gasteiger partial charge in [-0.05, 0) is 41.7 Å². The van der Waals surface area contributed by atoms with Gasteiger partial charge in [0.15, 0.2) is 0 Å². The van der Waals surface area contributed by atoms with Crippen LogP contribution in [0.4, 0.5) is 0 Å². The Labute approximate surface area is 247 Å². The van der Waals surface area contributed by atoms with Crippen LogP contribution < -0.4 is 5.32 Å². The second kappa shape index (κ2) is 14.6. The summed E-state index contributed by atoms with van der Waals surface area (Å²) in [5.41, 5.74) is 2.40. The highest BCUT2D eigenvalue weighted by Crippen LogP contribution is 2.19. The summed E-state index contributed by atoms with van der Waals surface area (Å²) in [6.07, 6.45) is 3.08. The number of ether oxygens (including phenoxy) is 1. The number of halogens is 1. The van der Waals surface area contributed by atoms with Crippen LogP contribution in [0.25, 0.3) is 0 Å². The molecule has 2 unspecified atom stereocenters. The molecule has 0 aromatic heterocycles. The molecule has 2 atom stereocenters. The summed E-state index contributed by atoms with van der Waals surface area (Å²) in [6.45, 7) is 0.735. The molecule has 0 spiro atoms. The maximum atomic E-state index is 14.0. The summed E-state index contributed by atoms with van der Waals surface area (Å²) in [4.78, 5) is 29.3. The van der Waals surface area contributed by atoms with E-state index in [1.54, 1.807) is 24.3 Å². The van der Waals surface area contributed by atoms with Crippen LogP contribution in [0.15, 0.2) is 84.9 Å². The average Bonchev–Trinajstić information content (AvgIpc) is 3.49. The minimum absolute atomic E-state index is 0.0365. The third-order valence-electron chi connectivity index (χ3n) is 7.05. The molecule has 0 bridgehead atoms. The fourth-order valence-electron chi connectivity index (χ4n) is 4.80. The van der Waals surface area contributed by atoms with Gasteiger partial charge in [-0.3, -0.25) is 9.59 Å². The molecule has 2 amide bonds. The molecule has 218 valence electrons. The Morgan fingerprint density at radius 2 is 1.54 bits per heavy atom. The highest BCUT2D eigenvalue weighted by Gasteiger charge is 2.33. The van der Waals surface area contributed by atoms with E-state index >= 15 is 0 Å². The van der Waals surface area contributed by atoms with E-state index in [1.807, 2.05) is 60.7 Å². The van der Waals surface area contributed by atoms with Crippen molar-refractivity contribution >= 4 is 33.4 Å². The Morgan fingerprint density at radius 1 is 0.927 bits per heavy atom. The Hall–Kier alpha value is -3.24. The van der Waals surface area contributed by atoms with Crippen molar-refractivity contribution in [1.29, 1.82) is 0 Å². The van der Waals surface area contributed by atoms with Crippen LogP contribution in [0.2, 0.25) is 5.02 Å². The van der Waals surface area contributed by atoms with Crippen LogP contribution in [-0.4, -0.2) is 67.5 Å². The summed E-state index contributed by atoms with van der Waals surface area (Å²) in [5.74, 6) is -0.796. The highest BCUT2D eigenvalue weighted by molar-refractivity contribution is 7.88. The lowest BCUT2D eigenvalue weighted by molar-refractivity contribution is -0.141. The number of hydrogen-bond acceptors (Lipinski definition) is 5. The predicted molar refractivity (Wildman–Crippen MR) is 160 cm³/mol. The molecule has 3 aromatic rings. The average molecular weight is 598 g/mol. The number of amides is 2. The zero-order valence-electron chi connectivity index (χ0n) is 23.1. The maximum Gasteiger partial charge on any atom is 0.243 e. The molecular weight excluding hydrogens is 562 g/mol. The Bertz CT molecular complexity index is 1380. The van der Waals surface area contributed by atoms with Crippen molar-refractivity contribution in [3.05, 3.63) is 107 Å². The number of carbonyl (C=O) groups excluding carboxylic acids is 2. The van der Waals surface area contributed by atoms with Crippen LogP contribution in [0.3, 0.4) is 0 Å². The number of nitrogens with one attached hydrogen (secondary N) is 1. The van der Waals surface area contributed by atoms with E-state index in [-0.39, 0.29) is 31.5 Å². The smallest absolute Gasteiger partial charge is 0.243 e. The lowest BCUT2D eigenvalue weighted by Crippen LogP contribution is -2.53. The third-order valence-corrected chi connectivity index (χ3v) is 8.50. The minimum Gasteiger partial charge on any atom is -0.376 e. The molecule has 0 saturated carbocycles. The highest BCUT2D eigenvalue weighted by atomic mass is 35.5. The number of nitrogens with zero attached hydrogens (tertiary/aromatic N) is 2. The van der Waals surface area contributed by atoms with E-state index in [0.717, 1.165) is 40.1 Å². The van der Waals surface area contributed by atoms with Crippen molar-refractivity contribution in [1.82, 2.24) is 14.5 Å². The van der Waals surface area contributed by atoms with Crippen molar-refractivity contribution in [3.63, 3.8) is 0 Å². The van der Waals surface area contributed by atoms with Gasteiger partial charge in [0.2, 0.25) is 21.8 Å². The Kier molecular flexibility index (Phi) is 10.9. The molecule has 0 radical (unpaired) electrons. The summed E-state index contributed by atoms with van der Waals surface area (Å²) in [7, 11) is -3.74. The Morgan fingerprint density at radius 3 is 2.12 bits per heavy atom. The fourth-order valence-corrected chi connectivity index (χ4v) is 5.65. The lowest BCUT2D eigenvalue weighted by atomic mass is 10.0. The van der Waals surface area contributed by atoms with Crippen LogP contribution >= 0.6 is 11.6 Å². The normalized spacial score (nSPS) is 15.9. The molecule has 1 heterocycles. The van der Waals surface area contributed by atoms with E-state index < -0.39 is 28.5 Å². The zero-order valence-corrected chi connectivity index (χ0v) is 24.7. The third kappa shape index (κ3) is 9.39. The largest absolute Gasteiger partial charge is 0.376 e. The maximum absolute atomic E-state index is 14.0. The molecule has 1 fully saturated rings. The van der Waals surface area contributed by atoms with Crippen LogP contribution in [0.5, 0.6) is 0 Å². The lowest BCUT2D eigenvalue weighted by Gasteiger charge is -2.33. The Balaban J connectivity index is 1.65. The molecule has 3 aromatic carbocycles. The number of sulfonamides is 1. The molecule has 1 aliphatic heterocycles. The van der Waals surface area contributed by atoms with Gasteiger partial charge in [0.05, 0.1) is 18.9 Å². The van der Waals surface area contributed by atoms with Crippen molar-refractivity contribution < 1.29 is 22.7 Å². The number of benzene rings is 3. The van der Waals surface area contributed by atoms with Crippen LogP contribution in [0, 0.1) is 0 Å². The van der Waals surface area contributed by atoms with E-state index in [2.05, 4.69) is 5.32 Å². The minimum atomic E-state index is -3.74. The number of carbonyl (C=O) groups is 2. The topological polar surface area (TPSA) is 96.0 Å². The quantitative estimate of drug-likeness (QED) is 0.321. The van der Waals surface area contributed by atoms with E-state index in [4.69, 9.17) is 16.3 Å². The van der Waals surface area contributed by atoms with E-state index in [1.165, 1.54) is 4.90 Å². The summed E-state index contributed by atoms with van der Waals surface area (Å²) < 4.78 is 32.4. The standard InChI is InChI=1S/C31H36ClN3O5S/c1-41(38,39)34(21-25-11-6-3-7-12-25)23-30(36)35(22-26-14-16-27(32)17-15-26)29(19-24-9-4-2-5-10-24)31(37)33-20-28-13-8-18-40-28/h2-7,9-12,14-17,28-29H,8,13,18-23H2,1H3,(H,33,37). The molecule has 1 saturated heterocycles. The van der Waals surface area contributed by atoms with Gasteiger partial charge in [0.1, 0.15) is 6.04 Å². The fraction of sp³-hybridized carbons (Fsp3) is 0.355. The zero-order chi connectivity index (χ0) is 29.2. The molecule has 41 heavy (non-hydrogen) atoms. The van der Waals surface area contributed by atoms with E-state index in [9.17, 15) is 18.0 Å². The first kappa shape index (κ1) is 30.7. The van der Waals surface area contributed by atoms with Gasteiger partial charge in [0.25, 0.3) is 0 Å². The second-order valence-corrected chi connectivity index (χ2v) is 12.7. The number of hydrogen-bond donors (Lipinski definition) is 1. The second-order valence-electron chi connectivity index (χ2n) is 10.3. The van der Waals surface area contributed by atoms with Gasteiger partial charge < -0.3 is 15.0 Å². The van der Waals surface area contributed by atoms with Crippen molar-refractivity contribution in [2.45, 2.75) is 44.5 Å².